The first kappa shape index (κ1) is 18.3. The van der Waals surface area contributed by atoms with Crippen molar-refractivity contribution in [3.63, 3.8) is 0 Å². The lowest BCUT2D eigenvalue weighted by molar-refractivity contribution is -0.131. The molecule has 6 nitrogen and oxygen atoms in total. The van der Waals surface area contributed by atoms with Crippen LogP contribution in [0.2, 0.25) is 0 Å². The first-order valence-corrected chi connectivity index (χ1v) is 10.6. The molecule has 0 aromatic carbocycles. The van der Waals surface area contributed by atoms with E-state index in [1.807, 2.05) is 22.7 Å². The molecule has 0 spiro atoms. The Labute approximate surface area is 154 Å². The molecule has 138 valence electrons. The van der Waals surface area contributed by atoms with Gasteiger partial charge in [-0.2, -0.15) is 11.8 Å². The number of carbonyl (C=O) groups excluding carboxylic acids is 1. The highest BCUT2D eigenvalue weighted by Crippen LogP contribution is 2.26. The largest absolute Gasteiger partial charge is 0.370 e. The Morgan fingerprint density at radius 3 is 2.96 bits per heavy atom. The summed E-state index contributed by atoms with van der Waals surface area (Å²) in [5.74, 6) is 4.97. The molecule has 0 aliphatic carbocycles. The number of nitrogens with zero attached hydrogens (tertiary/aromatic N) is 4. The third kappa shape index (κ3) is 5.23. The molecule has 0 unspecified atom stereocenters. The van der Waals surface area contributed by atoms with E-state index in [1.54, 1.807) is 6.33 Å². The van der Waals surface area contributed by atoms with Gasteiger partial charge in [0.25, 0.3) is 0 Å². The number of anilines is 2. The minimum absolute atomic E-state index is 0.342. The molecule has 3 heterocycles. The van der Waals surface area contributed by atoms with E-state index in [4.69, 9.17) is 0 Å². The van der Waals surface area contributed by atoms with Gasteiger partial charge in [0.05, 0.1) is 0 Å². The van der Waals surface area contributed by atoms with Crippen LogP contribution in [0.1, 0.15) is 32.6 Å². The van der Waals surface area contributed by atoms with Gasteiger partial charge >= 0.3 is 0 Å². The van der Waals surface area contributed by atoms with Crippen LogP contribution in [0.25, 0.3) is 0 Å². The zero-order chi connectivity index (χ0) is 17.5. The molecular formula is C18H29N5OS. The summed E-state index contributed by atoms with van der Waals surface area (Å²) in [5.41, 5.74) is 0. The normalized spacial score (nSPS) is 21.2. The minimum Gasteiger partial charge on any atom is -0.370 e. The molecule has 1 aromatic rings. The lowest BCUT2D eigenvalue weighted by Crippen LogP contribution is -2.39. The highest BCUT2D eigenvalue weighted by Gasteiger charge is 2.23. The first-order chi connectivity index (χ1) is 12.3. The summed E-state index contributed by atoms with van der Waals surface area (Å²) in [7, 11) is 0. The lowest BCUT2D eigenvalue weighted by Gasteiger charge is -2.34. The van der Waals surface area contributed by atoms with Crippen molar-refractivity contribution in [2.75, 3.05) is 54.4 Å². The van der Waals surface area contributed by atoms with Crippen molar-refractivity contribution < 1.29 is 4.79 Å². The Bertz CT molecular complexity index is 564. The van der Waals surface area contributed by atoms with Crippen molar-refractivity contribution in [3.05, 3.63) is 12.4 Å². The average Bonchev–Trinajstić information content (AvgIpc) is 2.67. The minimum atomic E-state index is 0.342. The van der Waals surface area contributed by atoms with Crippen LogP contribution < -0.4 is 10.2 Å². The fourth-order valence-electron chi connectivity index (χ4n) is 3.61. The van der Waals surface area contributed by atoms with Gasteiger partial charge in [-0.1, -0.05) is 0 Å². The Hall–Kier alpha value is -1.50. The summed E-state index contributed by atoms with van der Waals surface area (Å²) >= 11 is 1.95. The van der Waals surface area contributed by atoms with Crippen molar-refractivity contribution in [1.82, 2.24) is 14.9 Å². The van der Waals surface area contributed by atoms with Gasteiger partial charge < -0.3 is 15.1 Å². The fraction of sp³-hybridized carbons (Fsp3) is 0.722. The van der Waals surface area contributed by atoms with Crippen LogP contribution >= 0.6 is 11.8 Å². The predicted octanol–water partition coefficient (Wildman–Crippen LogP) is 2.48. The maximum absolute atomic E-state index is 12.4. The summed E-state index contributed by atoms with van der Waals surface area (Å²) in [5, 5.41) is 3.24. The lowest BCUT2D eigenvalue weighted by atomic mass is 9.93. The summed E-state index contributed by atoms with van der Waals surface area (Å²) < 4.78 is 0. The highest BCUT2D eigenvalue weighted by atomic mass is 32.2. The van der Waals surface area contributed by atoms with E-state index < -0.39 is 0 Å². The molecular weight excluding hydrogens is 334 g/mol. The number of thioether (sulfide) groups is 1. The molecule has 2 aliphatic rings. The zero-order valence-electron chi connectivity index (χ0n) is 15.1. The highest BCUT2D eigenvalue weighted by molar-refractivity contribution is 7.99. The van der Waals surface area contributed by atoms with E-state index in [0.717, 1.165) is 62.3 Å². The van der Waals surface area contributed by atoms with Crippen LogP contribution in [-0.2, 0) is 4.79 Å². The average molecular weight is 364 g/mol. The summed E-state index contributed by atoms with van der Waals surface area (Å²) in [4.78, 5) is 25.5. The number of aromatic nitrogens is 2. The number of piperidine rings is 1. The van der Waals surface area contributed by atoms with Gasteiger partial charge in [0, 0.05) is 56.7 Å². The van der Waals surface area contributed by atoms with Crippen LogP contribution in [0.3, 0.4) is 0 Å². The van der Waals surface area contributed by atoms with Crippen molar-refractivity contribution in [2.45, 2.75) is 32.6 Å². The monoisotopic (exact) mass is 363 g/mol. The van der Waals surface area contributed by atoms with Gasteiger partial charge in [-0.3, -0.25) is 4.79 Å². The number of hydrogen-bond donors (Lipinski definition) is 1. The van der Waals surface area contributed by atoms with E-state index in [0.29, 0.717) is 18.2 Å². The van der Waals surface area contributed by atoms with Crippen molar-refractivity contribution in [3.8, 4) is 0 Å². The van der Waals surface area contributed by atoms with Crippen LogP contribution in [0, 0.1) is 5.92 Å². The Morgan fingerprint density at radius 2 is 2.16 bits per heavy atom. The Balaban J connectivity index is 1.50. The summed E-state index contributed by atoms with van der Waals surface area (Å²) in [6.07, 6.45) is 5.69. The molecule has 2 saturated heterocycles. The van der Waals surface area contributed by atoms with Gasteiger partial charge in [-0.05, 0) is 32.1 Å². The molecule has 2 fully saturated rings. The van der Waals surface area contributed by atoms with Crippen molar-refractivity contribution >= 4 is 29.3 Å². The topological polar surface area (TPSA) is 61.4 Å². The SMILES string of the molecule is CCNc1cc(N2CCC[C@@H](CCC(=O)N3CCSCC3)C2)ncn1. The first-order valence-electron chi connectivity index (χ1n) is 9.42. The molecule has 3 rings (SSSR count). The van der Waals surface area contributed by atoms with E-state index in [2.05, 4.69) is 27.1 Å². The standard InChI is InChI=1S/C18H29N5OS/c1-2-19-16-12-17(21-14-20-16)23-7-3-4-15(13-23)5-6-18(24)22-8-10-25-11-9-22/h12,14-15H,2-11,13H2,1H3,(H,19,20,21)/t15-/m0/s1. The second-order valence-electron chi connectivity index (χ2n) is 6.78. The molecule has 1 N–H and O–H groups in total. The van der Waals surface area contributed by atoms with Crippen LogP contribution in [0.15, 0.2) is 12.4 Å². The maximum atomic E-state index is 12.4. The number of rotatable bonds is 6. The smallest absolute Gasteiger partial charge is 0.222 e. The molecule has 25 heavy (non-hydrogen) atoms. The second kappa shape index (κ2) is 9.27. The van der Waals surface area contributed by atoms with Gasteiger partial charge in [0.1, 0.15) is 18.0 Å². The van der Waals surface area contributed by atoms with Gasteiger partial charge in [0.15, 0.2) is 0 Å². The fourth-order valence-corrected chi connectivity index (χ4v) is 4.51. The third-order valence-electron chi connectivity index (χ3n) is 4.98. The molecule has 1 atom stereocenters. The zero-order valence-corrected chi connectivity index (χ0v) is 15.9. The molecule has 2 aliphatic heterocycles. The van der Waals surface area contributed by atoms with E-state index >= 15 is 0 Å². The predicted molar refractivity (Wildman–Crippen MR) is 104 cm³/mol. The molecule has 0 radical (unpaired) electrons. The van der Waals surface area contributed by atoms with Gasteiger partial charge in [0.2, 0.25) is 5.91 Å². The molecule has 0 bridgehead atoms. The second-order valence-corrected chi connectivity index (χ2v) is 8.00. The van der Waals surface area contributed by atoms with Crippen LogP contribution in [0.5, 0.6) is 0 Å². The summed E-state index contributed by atoms with van der Waals surface area (Å²) in [6, 6.07) is 2.03. The Kier molecular flexibility index (Phi) is 6.78. The summed E-state index contributed by atoms with van der Waals surface area (Å²) in [6.45, 7) is 6.80. The maximum Gasteiger partial charge on any atom is 0.222 e. The number of nitrogens with one attached hydrogen (secondary N) is 1. The quantitative estimate of drug-likeness (QED) is 0.838. The number of carbonyl (C=O) groups is 1. The molecule has 1 aromatic heterocycles. The van der Waals surface area contributed by atoms with Crippen LogP contribution in [-0.4, -0.2) is 65.0 Å². The van der Waals surface area contributed by atoms with Crippen LogP contribution in [0.4, 0.5) is 11.6 Å². The van der Waals surface area contributed by atoms with Gasteiger partial charge in [-0.15, -0.1) is 0 Å². The molecule has 1 amide bonds. The van der Waals surface area contributed by atoms with Gasteiger partial charge in [-0.25, -0.2) is 9.97 Å². The molecule has 0 saturated carbocycles. The molecule has 7 heteroatoms. The van der Waals surface area contributed by atoms with Crippen molar-refractivity contribution in [1.29, 1.82) is 0 Å². The number of hydrogen-bond acceptors (Lipinski definition) is 6. The van der Waals surface area contributed by atoms with E-state index in [9.17, 15) is 4.79 Å². The number of amides is 1. The van der Waals surface area contributed by atoms with E-state index in [1.165, 1.54) is 12.8 Å². The van der Waals surface area contributed by atoms with Crippen molar-refractivity contribution in [2.24, 2.45) is 5.92 Å². The van der Waals surface area contributed by atoms with E-state index in [-0.39, 0.29) is 0 Å². The Morgan fingerprint density at radius 1 is 1.32 bits per heavy atom. The third-order valence-corrected chi connectivity index (χ3v) is 5.93.